The Hall–Kier alpha value is -2.70. The first kappa shape index (κ1) is 17.1. The average Bonchev–Trinajstić information content (AvgIpc) is 2.81. The van der Waals surface area contributed by atoms with Crippen LogP contribution in [0, 0.1) is 0 Å². The molecule has 0 aliphatic carbocycles. The zero-order valence-electron chi connectivity index (χ0n) is 13.2. The Labute approximate surface area is 141 Å². The molecule has 0 aromatic heterocycles. The maximum Gasteiger partial charge on any atom is 0.345 e. The molecule has 7 heteroatoms. The van der Waals surface area contributed by atoms with Crippen LogP contribution in [-0.2, 0) is 0 Å². The number of alkyl halides is 4. The molecule has 0 atom stereocenters. The number of ether oxygens (including phenoxy) is 1. The zero-order valence-corrected chi connectivity index (χ0v) is 13.2. The quantitative estimate of drug-likeness (QED) is 0.699. The van der Waals surface area contributed by atoms with Gasteiger partial charge in [0.15, 0.2) is 0 Å². The van der Waals surface area contributed by atoms with Gasteiger partial charge in [-0.25, -0.2) is 13.8 Å². The van der Waals surface area contributed by atoms with Crippen molar-refractivity contribution in [3.63, 3.8) is 0 Å². The lowest BCUT2D eigenvalue weighted by atomic mass is 10.0. The Morgan fingerprint density at radius 2 is 1.56 bits per heavy atom. The van der Waals surface area contributed by atoms with E-state index in [-0.39, 0.29) is 11.4 Å². The molecule has 1 aliphatic rings. The highest BCUT2D eigenvalue weighted by molar-refractivity contribution is 6.17. The summed E-state index contributed by atoms with van der Waals surface area (Å²) in [5, 5.41) is 0. The molecule has 0 N–H and O–H groups in total. The molecule has 2 aromatic carbocycles. The summed E-state index contributed by atoms with van der Waals surface area (Å²) in [5.74, 6) is -3.74. The predicted octanol–water partition coefficient (Wildman–Crippen LogP) is 5.19. The summed E-state index contributed by atoms with van der Waals surface area (Å²) in [7, 11) is 1.50. The monoisotopic (exact) mass is 350 g/mol. The number of aliphatic imine (C=N–C) groups is 2. The van der Waals surface area contributed by atoms with Crippen LogP contribution in [0.15, 0.2) is 58.5 Å². The Morgan fingerprint density at radius 3 is 2.12 bits per heavy atom. The number of nitrogens with zero attached hydrogens (tertiary/aromatic N) is 2. The van der Waals surface area contributed by atoms with Crippen molar-refractivity contribution in [2.75, 3.05) is 7.11 Å². The number of halogens is 4. The molecule has 2 aromatic rings. The van der Waals surface area contributed by atoms with Gasteiger partial charge in [-0.2, -0.15) is 8.78 Å². The molecule has 0 saturated carbocycles. The van der Waals surface area contributed by atoms with E-state index < -0.39 is 24.5 Å². The van der Waals surface area contributed by atoms with Gasteiger partial charge in [0.2, 0.25) is 0 Å². The van der Waals surface area contributed by atoms with Gasteiger partial charge in [0.1, 0.15) is 5.75 Å². The van der Waals surface area contributed by atoms with Gasteiger partial charge in [-0.05, 0) is 42.0 Å². The molecule has 1 aliphatic heterocycles. The van der Waals surface area contributed by atoms with Crippen LogP contribution >= 0.6 is 0 Å². The maximum atomic E-state index is 14.0. The average molecular weight is 350 g/mol. The van der Waals surface area contributed by atoms with E-state index in [0.717, 1.165) is 0 Å². The van der Waals surface area contributed by atoms with Gasteiger partial charge in [0.25, 0.3) is 0 Å². The molecule has 130 valence electrons. The topological polar surface area (TPSA) is 34.0 Å². The van der Waals surface area contributed by atoms with E-state index in [9.17, 15) is 17.6 Å². The number of methoxy groups -OCH3 is 1. The van der Waals surface area contributed by atoms with Crippen LogP contribution in [0.3, 0.4) is 0 Å². The Morgan fingerprint density at radius 1 is 0.960 bits per heavy atom. The van der Waals surface area contributed by atoms with Gasteiger partial charge >= 0.3 is 12.3 Å². The van der Waals surface area contributed by atoms with Crippen LogP contribution in [0.1, 0.15) is 12.0 Å². The largest absolute Gasteiger partial charge is 0.497 e. The fraction of sp³-hybridized carbons (Fsp3) is 0.222. The van der Waals surface area contributed by atoms with Crippen molar-refractivity contribution in [2.24, 2.45) is 9.98 Å². The second-order valence-electron chi connectivity index (χ2n) is 5.43. The van der Waals surface area contributed by atoms with E-state index in [1.807, 2.05) is 0 Å². The predicted molar refractivity (Wildman–Crippen MR) is 88.3 cm³/mol. The minimum Gasteiger partial charge on any atom is -0.497 e. The minimum absolute atomic E-state index is 0.140. The Kier molecular flexibility index (Phi) is 4.57. The number of hydrogen-bond donors (Lipinski definition) is 0. The summed E-state index contributed by atoms with van der Waals surface area (Å²) >= 11 is 0. The number of para-hydroxylation sites is 2. The standard InChI is InChI=1S/C18H14F4N2O/c1-25-12-8-6-11(7-9-12)15-10-16(18(21,22)17(19)20)24-14-5-3-2-4-13(14)23-15/h2-9,17H,10H2,1H3. The highest BCUT2D eigenvalue weighted by Gasteiger charge is 2.47. The van der Waals surface area contributed by atoms with E-state index in [2.05, 4.69) is 9.98 Å². The first-order valence-electron chi connectivity index (χ1n) is 7.47. The van der Waals surface area contributed by atoms with Gasteiger partial charge in [-0.1, -0.05) is 12.1 Å². The van der Waals surface area contributed by atoms with Crippen molar-refractivity contribution in [2.45, 2.75) is 18.8 Å². The van der Waals surface area contributed by atoms with Crippen LogP contribution in [0.2, 0.25) is 0 Å². The lowest BCUT2D eigenvalue weighted by Crippen LogP contribution is -2.37. The molecule has 0 fully saturated rings. The lowest BCUT2D eigenvalue weighted by molar-refractivity contribution is -0.0756. The second kappa shape index (κ2) is 6.66. The third kappa shape index (κ3) is 3.40. The molecule has 0 unspecified atom stereocenters. The fourth-order valence-corrected chi connectivity index (χ4v) is 2.45. The Balaban J connectivity index is 2.10. The molecule has 0 radical (unpaired) electrons. The van der Waals surface area contributed by atoms with E-state index >= 15 is 0 Å². The molecular formula is C18H14F4N2O. The summed E-state index contributed by atoms with van der Waals surface area (Å²) < 4.78 is 58.7. The number of hydrogen-bond acceptors (Lipinski definition) is 3. The minimum atomic E-state index is -4.33. The van der Waals surface area contributed by atoms with Crippen LogP contribution < -0.4 is 4.74 Å². The first-order chi connectivity index (χ1) is 11.9. The van der Waals surface area contributed by atoms with Crippen molar-refractivity contribution in [3.8, 4) is 5.75 Å². The number of rotatable bonds is 4. The third-order valence-corrected chi connectivity index (χ3v) is 3.81. The van der Waals surface area contributed by atoms with Gasteiger partial charge in [-0.3, -0.25) is 4.99 Å². The van der Waals surface area contributed by atoms with E-state index in [0.29, 0.717) is 17.0 Å². The van der Waals surface area contributed by atoms with E-state index in [1.54, 1.807) is 42.5 Å². The van der Waals surface area contributed by atoms with Gasteiger partial charge < -0.3 is 4.74 Å². The van der Waals surface area contributed by atoms with Crippen molar-refractivity contribution < 1.29 is 22.3 Å². The van der Waals surface area contributed by atoms with Crippen LogP contribution in [0.4, 0.5) is 28.9 Å². The maximum absolute atomic E-state index is 14.0. The van der Waals surface area contributed by atoms with Crippen molar-refractivity contribution in [1.29, 1.82) is 0 Å². The molecule has 0 amide bonds. The first-order valence-corrected chi connectivity index (χ1v) is 7.47. The van der Waals surface area contributed by atoms with Gasteiger partial charge in [0, 0.05) is 6.42 Å². The number of benzene rings is 2. The normalized spacial score (nSPS) is 14.5. The molecule has 0 bridgehead atoms. The zero-order chi connectivity index (χ0) is 18.0. The highest BCUT2D eigenvalue weighted by Crippen LogP contribution is 2.36. The number of fused-ring (bicyclic) bond motifs is 1. The molecule has 0 spiro atoms. The molecule has 3 nitrogen and oxygen atoms in total. The van der Waals surface area contributed by atoms with Crippen molar-refractivity contribution in [3.05, 3.63) is 54.1 Å². The summed E-state index contributed by atoms with van der Waals surface area (Å²) in [5.41, 5.74) is 0.374. The van der Waals surface area contributed by atoms with Crippen LogP contribution in [-0.4, -0.2) is 30.9 Å². The van der Waals surface area contributed by atoms with E-state index in [4.69, 9.17) is 4.74 Å². The summed E-state index contributed by atoms with van der Waals surface area (Å²) in [6.45, 7) is 0. The third-order valence-electron chi connectivity index (χ3n) is 3.81. The van der Waals surface area contributed by atoms with Crippen molar-refractivity contribution in [1.82, 2.24) is 0 Å². The lowest BCUT2D eigenvalue weighted by Gasteiger charge is -2.18. The molecule has 3 rings (SSSR count). The van der Waals surface area contributed by atoms with Crippen LogP contribution in [0.25, 0.3) is 0 Å². The fourth-order valence-electron chi connectivity index (χ4n) is 2.45. The SMILES string of the molecule is COc1ccc(C2=Nc3ccccc3N=C(C(F)(F)C(F)F)C2)cc1. The van der Waals surface area contributed by atoms with Crippen LogP contribution in [0.5, 0.6) is 5.75 Å². The van der Waals surface area contributed by atoms with E-state index in [1.165, 1.54) is 13.2 Å². The second-order valence-corrected chi connectivity index (χ2v) is 5.43. The molecule has 25 heavy (non-hydrogen) atoms. The summed E-state index contributed by atoms with van der Waals surface area (Å²) in [6, 6.07) is 12.9. The Bertz CT molecular complexity index is 829. The molecule has 1 heterocycles. The highest BCUT2D eigenvalue weighted by atomic mass is 19.3. The van der Waals surface area contributed by atoms with Gasteiger partial charge in [0.05, 0.1) is 29.9 Å². The van der Waals surface area contributed by atoms with Crippen molar-refractivity contribution >= 4 is 22.8 Å². The molecular weight excluding hydrogens is 336 g/mol. The molecule has 0 saturated heterocycles. The summed E-state index contributed by atoms with van der Waals surface area (Å²) in [6.07, 6.45) is -4.31. The summed E-state index contributed by atoms with van der Waals surface area (Å²) in [4.78, 5) is 8.16. The van der Waals surface area contributed by atoms with Gasteiger partial charge in [-0.15, -0.1) is 0 Å². The smallest absolute Gasteiger partial charge is 0.345 e.